The number of nitrogens with zero attached hydrogens (tertiary/aromatic N) is 2. The van der Waals surface area contributed by atoms with Crippen molar-refractivity contribution in [3.8, 4) is 0 Å². The van der Waals surface area contributed by atoms with Crippen molar-refractivity contribution in [2.45, 2.75) is 19.8 Å². The van der Waals surface area contributed by atoms with Crippen LogP contribution in [0.1, 0.15) is 19.8 Å². The van der Waals surface area contributed by atoms with Crippen molar-refractivity contribution < 1.29 is 9.21 Å². The number of aryl methyl sites for hydroxylation is 1. The monoisotopic (exact) mass is 262 g/mol. The Labute approximate surface area is 111 Å². The van der Waals surface area contributed by atoms with E-state index in [1.807, 2.05) is 25.2 Å². The molecule has 0 spiro atoms. The van der Waals surface area contributed by atoms with Crippen LogP contribution in [0.3, 0.4) is 0 Å². The number of anilines is 1. The van der Waals surface area contributed by atoms with Crippen molar-refractivity contribution in [3.05, 3.63) is 28.7 Å². The van der Waals surface area contributed by atoms with Gasteiger partial charge in [-0.3, -0.25) is 4.57 Å². The van der Waals surface area contributed by atoms with E-state index >= 15 is 0 Å². The zero-order valence-electron chi connectivity index (χ0n) is 11.5. The predicted molar refractivity (Wildman–Crippen MR) is 74.6 cm³/mol. The molecule has 2 rings (SSSR count). The first kappa shape index (κ1) is 13.4. The molecule has 5 nitrogen and oxygen atoms in total. The quantitative estimate of drug-likeness (QED) is 0.826. The van der Waals surface area contributed by atoms with E-state index in [1.54, 1.807) is 14.0 Å². The maximum atomic E-state index is 11.4. The zero-order chi connectivity index (χ0) is 14.0. The molecular weight excluding hydrogens is 244 g/mol. The molecule has 0 aliphatic carbocycles. The molecule has 19 heavy (non-hydrogen) atoms. The second-order valence-corrected chi connectivity index (χ2v) is 4.81. The van der Waals surface area contributed by atoms with Gasteiger partial charge in [0.25, 0.3) is 0 Å². The Morgan fingerprint density at radius 1 is 1.42 bits per heavy atom. The summed E-state index contributed by atoms with van der Waals surface area (Å²) in [6, 6.07) is 5.67. The van der Waals surface area contributed by atoms with Gasteiger partial charge in [0.05, 0.1) is 5.52 Å². The van der Waals surface area contributed by atoms with Gasteiger partial charge in [-0.05, 0) is 25.5 Å². The van der Waals surface area contributed by atoms with E-state index in [0.29, 0.717) is 12.0 Å². The fourth-order valence-electron chi connectivity index (χ4n) is 2.05. The standard InChI is InChI=1S/C14H18N2O3/c1-10(17)5-4-8-15(2)11-6-7-12-13(9-11)19-14(18)16(12)3/h6-7,9H,4-5,8H2,1-3H3. The van der Waals surface area contributed by atoms with E-state index in [-0.39, 0.29) is 11.5 Å². The average molecular weight is 262 g/mol. The smallest absolute Gasteiger partial charge is 0.408 e. The van der Waals surface area contributed by atoms with Gasteiger partial charge >= 0.3 is 5.76 Å². The molecule has 1 aromatic carbocycles. The lowest BCUT2D eigenvalue weighted by atomic mass is 10.2. The average Bonchev–Trinajstić information content (AvgIpc) is 2.64. The molecule has 5 heteroatoms. The lowest BCUT2D eigenvalue weighted by molar-refractivity contribution is -0.117. The maximum absolute atomic E-state index is 11.4. The van der Waals surface area contributed by atoms with Crippen molar-refractivity contribution in [2.24, 2.45) is 7.05 Å². The number of aromatic nitrogens is 1. The topological polar surface area (TPSA) is 55.5 Å². The van der Waals surface area contributed by atoms with Crippen molar-refractivity contribution in [2.75, 3.05) is 18.5 Å². The lowest BCUT2D eigenvalue weighted by Gasteiger charge is -2.18. The minimum absolute atomic E-state index is 0.206. The molecule has 1 heterocycles. The molecule has 0 unspecified atom stereocenters. The molecule has 0 aliphatic heterocycles. The fourth-order valence-corrected chi connectivity index (χ4v) is 2.05. The SMILES string of the molecule is CC(=O)CCCN(C)c1ccc2c(c1)oc(=O)n2C. The Bertz CT molecular complexity index is 654. The highest BCUT2D eigenvalue weighted by molar-refractivity contribution is 5.78. The molecule has 0 saturated carbocycles. The number of ketones is 1. The van der Waals surface area contributed by atoms with E-state index in [0.717, 1.165) is 24.2 Å². The number of benzene rings is 1. The van der Waals surface area contributed by atoms with Crippen LogP contribution in [0.2, 0.25) is 0 Å². The Kier molecular flexibility index (Phi) is 3.74. The molecule has 1 aromatic heterocycles. The van der Waals surface area contributed by atoms with Crippen LogP contribution < -0.4 is 10.7 Å². The molecule has 0 fully saturated rings. The third-order valence-corrected chi connectivity index (χ3v) is 3.24. The highest BCUT2D eigenvalue weighted by atomic mass is 16.4. The molecule has 102 valence electrons. The van der Waals surface area contributed by atoms with Crippen LogP contribution >= 0.6 is 0 Å². The first-order chi connectivity index (χ1) is 8.99. The van der Waals surface area contributed by atoms with Gasteiger partial charge in [0.15, 0.2) is 5.58 Å². The van der Waals surface area contributed by atoms with Gasteiger partial charge in [-0.2, -0.15) is 0 Å². The zero-order valence-corrected chi connectivity index (χ0v) is 11.5. The van der Waals surface area contributed by atoms with Gasteiger partial charge in [-0.25, -0.2) is 4.79 Å². The Hall–Kier alpha value is -2.04. The van der Waals surface area contributed by atoms with Crippen molar-refractivity contribution in [3.63, 3.8) is 0 Å². The Morgan fingerprint density at radius 2 is 2.16 bits per heavy atom. The molecule has 2 aromatic rings. The predicted octanol–water partition coefficient (Wildman–Crippen LogP) is 1.94. The number of hydrogen-bond donors (Lipinski definition) is 0. The Balaban J connectivity index is 2.16. The number of hydrogen-bond acceptors (Lipinski definition) is 4. The molecular formula is C14H18N2O3. The van der Waals surface area contributed by atoms with Crippen LogP contribution in [-0.2, 0) is 11.8 Å². The third-order valence-electron chi connectivity index (χ3n) is 3.24. The van der Waals surface area contributed by atoms with E-state index in [1.165, 1.54) is 4.57 Å². The summed E-state index contributed by atoms with van der Waals surface area (Å²) in [7, 11) is 3.65. The summed E-state index contributed by atoms with van der Waals surface area (Å²) in [6.07, 6.45) is 1.41. The van der Waals surface area contributed by atoms with Gasteiger partial charge in [-0.1, -0.05) is 0 Å². The summed E-state index contributed by atoms with van der Waals surface area (Å²) >= 11 is 0. The van der Waals surface area contributed by atoms with E-state index in [2.05, 4.69) is 4.90 Å². The molecule has 0 radical (unpaired) electrons. The molecule has 0 aliphatic rings. The molecule has 0 amide bonds. The highest BCUT2D eigenvalue weighted by Crippen LogP contribution is 2.20. The van der Waals surface area contributed by atoms with Crippen LogP contribution in [0.5, 0.6) is 0 Å². The molecule has 0 N–H and O–H groups in total. The van der Waals surface area contributed by atoms with E-state index in [9.17, 15) is 9.59 Å². The van der Waals surface area contributed by atoms with Gasteiger partial charge in [0.2, 0.25) is 0 Å². The van der Waals surface area contributed by atoms with Crippen molar-refractivity contribution >= 4 is 22.6 Å². The van der Waals surface area contributed by atoms with E-state index in [4.69, 9.17) is 4.42 Å². The molecule has 0 saturated heterocycles. The molecule has 0 atom stereocenters. The van der Waals surface area contributed by atoms with Crippen LogP contribution in [0.15, 0.2) is 27.4 Å². The summed E-state index contributed by atoms with van der Waals surface area (Å²) in [5.41, 5.74) is 2.35. The number of oxazole rings is 1. The summed E-state index contributed by atoms with van der Waals surface area (Å²) in [6.45, 7) is 2.40. The first-order valence-corrected chi connectivity index (χ1v) is 6.29. The van der Waals surface area contributed by atoms with Gasteiger partial charge in [-0.15, -0.1) is 0 Å². The Morgan fingerprint density at radius 3 is 2.84 bits per heavy atom. The number of fused-ring (bicyclic) bond motifs is 1. The van der Waals surface area contributed by atoms with E-state index < -0.39 is 0 Å². The van der Waals surface area contributed by atoms with Crippen LogP contribution in [0.25, 0.3) is 11.1 Å². The highest BCUT2D eigenvalue weighted by Gasteiger charge is 2.08. The van der Waals surface area contributed by atoms with Crippen LogP contribution in [0.4, 0.5) is 5.69 Å². The fraction of sp³-hybridized carbons (Fsp3) is 0.429. The summed E-state index contributed by atoms with van der Waals surface area (Å²) in [5, 5.41) is 0. The largest absolute Gasteiger partial charge is 0.419 e. The summed E-state index contributed by atoms with van der Waals surface area (Å²) in [5.74, 6) is -0.149. The summed E-state index contributed by atoms with van der Waals surface area (Å²) in [4.78, 5) is 24.4. The maximum Gasteiger partial charge on any atom is 0.419 e. The van der Waals surface area contributed by atoms with Crippen molar-refractivity contribution in [1.82, 2.24) is 4.57 Å². The number of Topliss-reactive ketones (excluding diaryl/α,β-unsaturated/α-hetero) is 1. The third kappa shape index (κ3) is 2.86. The molecule has 0 bridgehead atoms. The number of carbonyl (C=O) groups excluding carboxylic acids is 1. The second-order valence-electron chi connectivity index (χ2n) is 4.81. The van der Waals surface area contributed by atoms with Crippen LogP contribution in [-0.4, -0.2) is 23.9 Å². The number of rotatable bonds is 5. The lowest BCUT2D eigenvalue weighted by Crippen LogP contribution is -2.18. The second kappa shape index (κ2) is 5.30. The number of carbonyl (C=O) groups is 1. The van der Waals surface area contributed by atoms with Gasteiger partial charge in [0, 0.05) is 38.8 Å². The normalized spacial score (nSPS) is 10.9. The van der Waals surface area contributed by atoms with Gasteiger partial charge < -0.3 is 14.1 Å². The first-order valence-electron chi connectivity index (χ1n) is 6.29. The summed E-state index contributed by atoms with van der Waals surface area (Å²) < 4.78 is 6.64. The van der Waals surface area contributed by atoms with Crippen LogP contribution in [0, 0.1) is 0 Å². The van der Waals surface area contributed by atoms with Crippen molar-refractivity contribution in [1.29, 1.82) is 0 Å². The van der Waals surface area contributed by atoms with Gasteiger partial charge in [0.1, 0.15) is 5.78 Å². The minimum atomic E-state index is -0.355. The minimum Gasteiger partial charge on any atom is -0.408 e.